The zero-order valence-electron chi connectivity index (χ0n) is 6.69. The highest BCUT2D eigenvalue weighted by molar-refractivity contribution is 5.25. The number of anilines is 1. The second kappa shape index (κ2) is 2.97. The van der Waals surface area contributed by atoms with E-state index in [1.54, 1.807) is 0 Å². The Kier molecular flexibility index (Phi) is 1.81. The van der Waals surface area contributed by atoms with Crippen molar-refractivity contribution in [2.45, 2.75) is 12.8 Å². The Morgan fingerprint density at radius 1 is 1.42 bits per heavy atom. The third kappa shape index (κ3) is 1.32. The van der Waals surface area contributed by atoms with Crippen molar-refractivity contribution >= 4 is 6.01 Å². The number of nitrogens with zero attached hydrogens (tertiary/aromatic N) is 2. The Morgan fingerprint density at radius 3 is 2.83 bits per heavy atom. The molecule has 0 aromatic carbocycles. The molecule has 0 bridgehead atoms. The summed E-state index contributed by atoms with van der Waals surface area (Å²) in [6.45, 7) is 1.89. The Balaban J connectivity index is 2.27. The van der Waals surface area contributed by atoms with Crippen molar-refractivity contribution < 1.29 is 4.42 Å². The third-order valence-electron chi connectivity index (χ3n) is 1.97. The summed E-state index contributed by atoms with van der Waals surface area (Å²) in [4.78, 5) is 16.6. The number of hydrogen-bond acceptors (Lipinski definition) is 4. The smallest absolute Gasteiger partial charge is 0.300 e. The van der Waals surface area contributed by atoms with E-state index < -0.39 is 0 Å². The molecule has 1 saturated heterocycles. The number of rotatable bonds is 1. The minimum Gasteiger partial charge on any atom is -0.433 e. The van der Waals surface area contributed by atoms with Crippen molar-refractivity contribution in [3.63, 3.8) is 0 Å². The molecular formula is C8H10N2O2. The molecule has 1 aliphatic rings. The van der Waals surface area contributed by atoms with E-state index >= 15 is 0 Å². The lowest BCUT2D eigenvalue weighted by molar-refractivity contribution is 0.516. The van der Waals surface area contributed by atoms with E-state index in [2.05, 4.69) is 4.98 Å². The van der Waals surface area contributed by atoms with Crippen LogP contribution < -0.4 is 10.5 Å². The molecule has 0 aliphatic carbocycles. The van der Waals surface area contributed by atoms with Crippen LogP contribution in [0, 0.1) is 0 Å². The van der Waals surface area contributed by atoms with Gasteiger partial charge in [0.2, 0.25) is 0 Å². The summed E-state index contributed by atoms with van der Waals surface area (Å²) in [6.07, 6.45) is 3.70. The molecule has 2 heterocycles. The maximum absolute atomic E-state index is 10.8. The molecule has 0 N–H and O–H groups in total. The van der Waals surface area contributed by atoms with E-state index in [-0.39, 0.29) is 5.56 Å². The quantitative estimate of drug-likeness (QED) is 0.614. The maximum Gasteiger partial charge on any atom is 0.300 e. The molecule has 0 atom stereocenters. The summed E-state index contributed by atoms with van der Waals surface area (Å²) in [6, 6.07) is 1.78. The van der Waals surface area contributed by atoms with Gasteiger partial charge in [0.1, 0.15) is 6.26 Å². The van der Waals surface area contributed by atoms with Gasteiger partial charge in [-0.05, 0) is 12.8 Å². The summed E-state index contributed by atoms with van der Waals surface area (Å²) >= 11 is 0. The fourth-order valence-corrected chi connectivity index (χ4v) is 1.36. The fourth-order valence-electron chi connectivity index (χ4n) is 1.36. The maximum atomic E-state index is 10.8. The molecule has 1 fully saturated rings. The predicted octanol–water partition coefficient (Wildman–Crippen LogP) is 0.635. The van der Waals surface area contributed by atoms with Gasteiger partial charge in [-0.15, -0.1) is 0 Å². The molecule has 1 aromatic rings. The van der Waals surface area contributed by atoms with Crippen LogP contribution in [0.5, 0.6) is 0 Å². The molecule has 0 amide bonds. The van der Waals surface area contributed by atoms with Crippen LogP contribution in [-0.2, 0) is 0 Å². The van der Waals surface area contributed by atoms with Gasteiger partial charge >= 0.3 is 6.01 Å². The van der Waals surface area contributed by atoms with E-state index in [0.717, 1.165) is 25.9 Å². The molecule has 64 valence electrons. The molecule has 0 spiro atoms. The van der Waals surface area contributed by atoms with Gasteiger partial charge in [-0.3, -0.25) is 4.79 Å². The molecular weight excluding hydrogens is 156 g/mol. The summed E-state index contributed by atoms with van der Waals surface area (Å²) in [5.74, 6) is 0. The molecule has 0 radical (unpaired) electrons. The Hall–Kier alpha value is -1.32. The van der Waals surface area contributed by atoms with E-state index in [1.165, 1.54) is 12.3 Å². The SMILES string of the molecule is O=c1ccoc(N2CCCC2)n1. The van der Waals surface area contributed by atoms with Crippen LogP contribution in [-0.4, -0.2) is 18.1 Å². The van der Waals surface area contributed by atoms with Gasteiger partial charge in [0.15, 0.2) is 0 Å². The van der Waals surface area contributed by atoms with Gasteiger partial charge in [-0.2, -0.15) is 4.98 Å². The fraction of sp³-hybridized carbons (Fsp3) is 0.500. The topological polar surface area (TPSA) is 46.3 Å². The average molecular weight is 166 g/mol. The van der Waals surface area contributed by atoms with E-state index in [4.69, 9.17) is 4.42 Å². The standard InChI is InChI=1S/C8H10N2O2/c11-7-3-6-12-8(9-7)10-4-1-2-5-10/h3,6H,1-2,4-5H2. The number of aromatic nitrogens is 1. The predicted molar refractivity (Wildman–Crippen MR) is 44.2 cm³/mol. The first-order chi connectivity index (χ1) is 5.86. The van der Waals surface area contributed by atoms with Crippen molar-refractivity contribution in [3.05, 3.63) is 22.7 Å². The normalized spacial score (nSPS) is 16.8. The molecule has 4 nitrogen and oxygen atoms in total. The second-order valence-corrected chi connectivity index (χ2v) is 2.85. The first-order valence-electron chi connectivity index (χ1n) is 4.07. The van der Waals surface area contributed by atoms with Crippen LogP contribution in [0.25, 0.3) is 0 Å². The Bertz CT molecular complexity index is 315. The Labute approximate surface area is 69.8 Å². The van der Waals surface area contributed by atoms with Crippen molar-refractivity contribution in [3.8, 4) is 0 Å². The largest absolute Gasteiger partial charge is 0.433 e. The van der Waals surface area contributed by atoms with E-state index in [0.29, 0.717) is 6.01 Å². The first kappa shape index (κ1) is 7.34. The van der Waals surface area contributed by atoms with Crippen molar-refractivity contribution in [1.82, 2.24) is 4.98 Å². The lowest BCUT2D eigenvalue weighted by Gasteiger charge is -2.12. The third-order valence-corrected chi connectivity index (χ3v) is 1.97. The summed E-state index contributed by atoms with van der Waals surface area (Å²) < 4.78 is 5.11. The summed E-state index contributed by atoms with van der Waals surface area (Å²) in [5, 5.41) is 0. The Morgan fingerprint density at radius 2 is 2.17 bits per heavy atom. The minimum absolute atomic E-state index is 0.233. The zero-order chi connectivity index (χ0) is 8.39. The summed E-state index contributed by atoms with van der Waals surface area (Å²) in [5.41, 5.74) is -0.233. The minimum atomic E-state index is -0.233. The van der Waals surface area contributed by atoms with E-state index in [9.17, 15) is 4.79 Å². The van der Waals surface area contributed by atoms with Crippen molar-refractivity contribution in [1.29, 1.82) is 0 Å². The lowest BCUT2D eigenvalue weighted by atomic mass is 10.4. The van der Waals surface area contributed by atoms with Gasteiger partial charge in [0, 0.05) is 19.2 Å². The van der Waals surface area contributed by atoms with Crippen LogP contribution in [0.3, 0.4) is 0 Å². The number of hydrogen-bond donors (Lipinski definition) is 0. The average Bonchev–Trinajstić information content (AvgIpc) is 2.56. The van der Waals surface area contributed by atoms with Crippen LogP contribution in [0.4, 0.5) is 6.01 Å². The zero-order valence-corrected chi connectivity index (χ0v) is 6.69. The van der Waals surface area contributed by atoms with E-state index in [1.807, 2.05) is 4.90 Å². The van der Waals surface area contributed by atoms with Crippen LogP contribution in [0.15, 0.2) is 21.5 Å². The highest BCUT2D eigenvalue weighted by Gasteiger charge is 2.15. The van der Waals surface area contributed by atoms with Crippen LogP contribution in [0.1, 0.15) is 12.8 Å². The molecule has 1 aromatic heterocycles. The van der Waals surface area contributed by atoms with Gasteiger partial charge < -0.3 is 9.32 Å². The van der Waals surface area contributed by atoms with Crippen LogP contribution >= 0.6 is 0 Å². The summed E-state index contributed by atoms with van der Waals surface area (Å²) in [7, 11) is 0. The van der Waals surface area contributed by atoms with Crippen LogP contribution in [0.2, 0.25) is 0 Å². The van der Waals surface area contributed by atoms with Gasteiger partial charge in [0.25, 0.3) is 5.56 Å². The van der Waals surface area contributed by atoms with Gasteiger partial charge in [0.05, 0.1) is 0 Å². The highest BCUT2D eigenvalue weighted by atomic mass is 16.4. The van der Waals surface area contributed by atoms with Crippen molar-refractivity contribution in [2.75, 3.05) is 18.0 Å². The van der Waals surface area contributed by atoms with Gasteiger partial charge in [-0.1, -0.05) is 0 Å². The molecule has 2 rings (SSSR count). The molecule has 0 unspecified atom stereocenters. The first-order valence-corrected chi connectivity index (χ1v) is 4.07. The highest BCUT2D eigenvalue weighted by Crippen LogP contribution is 2.14. The molecule has 1 aliphatic heterocycles. The van der Waals surface area contributed by atoms with Crippen molar-refractivity contribution in [2.24, 2.45) is 0 Å². The lowest BCUT2D eigenvalue weighted by Crippen LogP contribution is -2.21. The molecule has 0 saturated carbocycles. The monoisotopic (exact) mass is 166 g/mol. The molecule has 4 heteroatoms. The second-order valence-electron chi connectivity index (χ2n) is 2.85. The van der Waals surface area contributed by atoms with Gasteiger partial charge in [-0.25, -0.2) is 0 Å². The molecule has 12 heavy (non-hydrogen) atoms.